The van der Waals surface area contributed by atoms with Gasteiger partial charge in [0.15, 0.2) is 0 Å². The number of nitrogens with zero attached hydrogens (tertiary/aromatic N) is 3. The molecule has 0 amide bonds. The van der Waals surface area contributed by atoms with Gasteiger partial charge in [0, 0.05) is 45.4 Å². The van der Waals surface area contributed by atoms with E-state index in [0.29, 0.717) is 39.1 Å². The van der Waals surface area contributed by atoms with Crippen molar-refractivity contribution in [3.8, 4) is 78.6 Å². The molecule has 1 N–H and O–H groups in total. The van der Waals surface area contributed by atoms with Gasteiger partial charge < -0.3 is 5.11 Å². The molecule has 0 aliphatic rings. The third-order valence-electron chi connectivity index (χ3n) is 12.7. The zero-order valence-corrected chi connectivity index (χ0v) is 43.8. The van der Waals surface area contributed by atoms with Crippen LogP contribution in [-0.2, 0) is 37.3 Å². The molecular formula is C64H64N3OPt-. The molecule has 0 fully saturated rings. The van der Waals surface area contributed by atoms with Gasteiger partial charge in [0.05, 0.1) is 31.9 Å². The Labute approximate surface area is 436 Å². The molecule has 2 heterocycles. The molecule has 0 aliphatic heterocycles. The number of fused-ring (bicyclic) bond motifs is 1. The number of rotatable bonds is 8. The van der Waals surface area contributed by atoms with E-state index >= 15 is 0 Å². The van der Waals surface area contributed by atoms with Crippen molar-refractivity contribution in [2.24, 2.45) is 0 Å². The molecule has 4 nitrogen and oxygen atoms in total. The Morgan fingerprint density at radius 2 is 1.22 bits per heavy atom. The molecule has 0 saturated carbocycles. The van der Waals surface area contributed by atoms with Crippen LogP contribution in [0.4, 0.5) is 0 Å². The van der Waals surface area contributed by atoms with Crippen molar-refractivity contribution >= 4 is 11.0 Å². The number of aromatic nitrogens is 3. The zero-order chi connectivity index (χ0) is 55.3. The van der Waals surface area contributed by atoms with E-state index < -0.39 is 41.0 Å². The van der Waals surface area contributed by atoms with Gasteiger partial charge in [0.1, 0.15) is 11.6 Å². The molecule has 2 aromatic heterocycles. The number of phenolic OH excluding ortho intramolecular Hbond substituents is 1. The molecule has 0 spiro atoms. The Balaban J connectivity index is 0.00000784. The second-order valence-electron chi connectivity index (χ2n) is 21.2. The predicted molar refractivity (Wildman–Crippen MR) is 287 cm³/mol. The number of hydrogen-bond donors (Lipinski definition) is 1. The summed E-state index contributed by atoms with van der Waals surface area (Å²) in [5.41, 5.74) is 9.71. The van der Waals surface area contributed by atoms with Crippen LogP contribution in [0.25, 0.3) is 83.9 Å². The molecule has 352 valence electrons. The van der Waals surface area contributed by atoms with Gasteiger partial charge in [0.2, 0.25) is 0 Å². The molecule has 0 radical (unpaired) electrons. The van der Waals surface area contributed by atoms with E-state index in [1.807, 2.05) is 86.6 Å². The van der Waals surface area contributed by atoms with E-state index in [-0.39, 0.29) is 72.7 Å². The van der Waals surface area contributed by atoms with Crippen LogP contribution in [0.15, 0.2) is 158 Å². The summed E-state index contributed by atoms with van der Waals surface area (Å²) in [4.78, 5) is 10.2. The maximum atomic E-state index is 12.8. The van der Waals surface area contributed by atoms with Crippen molar-refractivity contribution < 1.29 is 37.1 Å². The van der Waals surface area contributed by atoms with Crippen LogP contribution < -0.4 is 0 Å². The van der Waals surface area contributed by atoms with Gasteiger partial charge in [-0.1, -0.05) is 202 Å². The summed E-state index contributed by atoms with van der Waals surface area (Å²) in [5, 5.41) is 12.8. The van der Waals surface area contributed by atoms with E-state index in [9.17, 15) is 7.85 Å². The molecule has 7 aromatic carbocycles. The molecule has 0 atom stereocenters. The van der Waals surface area contributed by atoms with E-state index in [0.717, 1.165) is 50.2 Å². The van der Waals surface area contributed by atoms with Crippen molar-refractivity contribution in [1.29, 1.82) is 0 Å². The first-order valence-electron chi connectivity index (χ1n) is 27.3. The summed E-state index contributed by atoms with van der Waals surface area (Å²) >= 11 is 0. The molecule has 0 bridgehead atoms. The normalized spacial score (nSPS) is 13.9. The summed E-state index contributed by atoms with van der Waals surface area (Å²) in [6, 6.07) is 39.9. The number of para-hydroxylation sites is 1. The number of aromatic hydroxyl groups is 1. The molecule has 5 heteroatoms. The van der Waals surface area contributed by atoms with Gasteiger partial charge in [-0.2, -0.15) is 0 Å². The van der Waals surface area contributed by atoms with Crippen molar-refractivity contribution in [2.75, 3.05) is 0 Å². The average molecular weight is 1090 g/mol. The van der Waals surface area contributed by atoms with Crippen LogP contribution in [0, 0.1) is 13.0 Å². The smallest absolute Gasteiger partial charge is 0.148 e. The third-order valence-corrected chi connectivity index (χ3v) is 12.7. The maximum Gasteiger partial charge on any atom is 0.148 e. The first-order valence-corrected chi connectivity index (χ1v) is 23.3. The third kappa shape index (κ3) is 9.79. The van der Waals surface area contributed by atoms with Crippen LogP contribution in [0.1, 0.15) is 121 Å². The summed E-state index contributed by atoms with van der Waals surface area (Å²) in [6.45, 7) is 24.3. The van der Waals surface area contributed by atoms with Gasteiger partial charge in [0.25, 0.3) is 0 Å². The van der Waals surface area contributed by atoms with E-state index in [4.69, 9.17) is 13.2 Å². The largest absolute Gasteiger partial charge is 0.507 e. The summed E-state index contributed by atoms with van der Waals surface area (Å²) in [6.07, 6.45) is -0.490. The van der Waals surface area contributed by atoms with Crippen molar-refractivity contribution in [1.82, 2.24) is 14.5 Å². The van der Waals surface area contributed by atoms with E-state index in [1.165, 1.54) is 6.92 Å². The number of benzene rings is 7. The molecular weight excluding hydrogens is 1020 g/mol. The predicted octanol–water partition coefficient (Wildman–Crippen LogP) is 17.3. The Morgan fingerprint density at radius 3 is 1.83 bits per heavy atom. The SMILES string of the molecule is [2H]c1nc(-c2[c-]c(-c3cccc4c3nc(-c3cc(C(C)(C)C)cc(C(C)(C)C)c3O)n4-c3cc(-c4ccccc4)c(C([2H])(C)C)cc3-c3ccccc3)cc(C(C)(C)C)c2)c([2H])c(-c2c([2H])c([2H])c(C)c([2H])c2[2H])c1[2H].[Pt]. The van der Waals surface area contributed by atoms with Gasteiger partial charge >= 0.3 is 0 Å². The Morgan fingerprint density at radius 1 is 0.609 bits per heavy atom. The molecule has 9 rings (SSSR count). The second-order valence-corrected chi connectivity index (χ2v) is 21.2. The summed E-state index contributed by atoms with van der Waals surface area (Å²) in [5.74, 6) is -0.411. The molecule has 0 unspecified atom stereocenters. The van der Waals surface area contributed by atoms with Gasteiger partial charge in [-0.15, -0.1) is 29.3 Å². The average Bonchev–Trinajstić information content (AvgIpc) is 3.82. The van der Waals surface area contributed by atoms with Crippen molar-refractivity contribution in [3.63, 3.8) is 0 Å². The van der Waals surface area contributed by atoms with Gasteiger partial charge in [-0.3, -0.25) is 9.55 Å². The minimum Gasteiger partial charge on any atom is -0.507 e. The zero-order valence-electron chi connectivity index (χ0n) is 49.6. The fourth-order valence-electron chi connectivity index (χ4n) is 8.79. The van der Waals surface area contributed by atoms with Crippen molar-refractivity contribution in [2.45, 2.75) is 105 Å². The standard InChI is InChI=1S/C64H64N3O.Pt/c1-40(2)51-38-53(44-22-17-14-18-23-44)58(39-52(51)43-20-15-13-16-21-43)67-57-25-19-24-50(59(57)66-61(67)54-36-49(63(7,8)9)37-55(60(54)68)64(10,11)12)46-32-47(34-48(33-46)62(4,5)6)56-35-45(30-31-65-56)42-28-26-41(3)27-29-42;/h13-31,33-40,68H,1-12H3;/q-1;/i26D,27D,28D,29D,30D,31D,35D,40D;. The molecule has 0 saturated heterocycles. The first-order chi connectivity index (χ1) is 35.5. The Bertz CT molecular complexity index is 3760. The number of imidazole rings is 1. The van der Waals surface area contributed by atoms with Crippen molar-refractivity contribution in [3.05, 3.63) is 192 Å². The maximum absolute atomic E-state index is 12.8. The summed E-state index contributed by atoms with van der Waals surface area (Å²) < 4.78 is 74.3. The first kappa shape index (κ1) is 39.5. The quantitative estimate of drug-likeness (QED) is 0.154. The molecule has 69 heavy (non-hydrogen) atoms. The van der Waals surface area contributed by atoms with E-state index in [2.05, 4.69) is 120 Å². The monoisotopic (exact) mass is 1090 g/mol. The van der Waals surface area contributed by atoms with Crippen LogP contribution in [-0.4, -0.2) is 19.6 Å². The number of pyridine rings is 1. The van der Waals surface area contributed by atoms with Crippen LogP contribution in [0.5, 0.6) is 5.75 Å². The van der Waals surface area contributed by atoms with Gasteiger partial charge in [-0.25, -0.2) is 4.98 Å². The molecule has 9 aromatic rings. The van der Waals surface area contributed by atoms with Crippen LogP contribution in [0.2, 0.25) is 0 Å². The van der Waals surface area contributed by atoms with Gasteiger partial charge in [-0.05, 0) is 98.3 Å². The van der Waals surface area contributed by atoms with E-state index in [1.54, 1.807) is 0 Å². The second kappa shape index (κ2) is 18.9. The minimum atomic E-state index is -1.01. The Hall–Kier alpha value is -6.35. The minimum absolute atomic E-state index is 0. The van der Waals surface area contributed by atoms with Crippen LogP contribution in [0.3, 0.4) is 0 Å². The number of hydrogen-bond acceptors (Lipinski definition) is 3. The Kier molecular flexibility index (Phi) is 10.8. The summed E-state index contributed by atoms with van der Waals surface area (Å²) in [7, 11) is 0. The van der Waals surface area contributed by atoms with Crippen LogP contribution >= 0.6 is 0 Å². The topological polar surface area (TPSA) is 50.9 Å². The fourth-order valence-corrected chi connectivity index (χ4v) is 8.79. The number of phenols is 1. The molecule has 0 aliphatic carbocycles. The fraction of sp³-hybridized carbons (Fsp3) is 0.250.